The summed E-state index contributed by atoms with van der Waals surface area (Å²) in [5.74, 6) is -4.76. The predicted molar refractivity (Wildman–Crippen MR) is 142 cm³/mol. The zero-order valence-corrected chi connectivity index (χ0v) is 20.9. The highest BCUT2D eigenvalue weighted by atomic mass is 19.3. The number of hydrogen-bond acceptors (Lipinski definition) is 3. The number of nitrogens with zero attached hydrogens (tertiary/aromatic N) is 1. The molecule has 8 heteroatoms. The third-order valence-electron chi connectivity index (χ3n) is 6.37. The van der Waals surface area contributed by atoms with E-state index in [1.165, 1.54) is 60.2 Å². The van der Waals surface area contributed by atoms with Crippen molar-refractivity contribution in [2.45, 2.75) is 12.5 Å². The van der Waals surface area contributed by atoms with Gasteiger partial charge in [0.1, 0.15) is 30.5 Å². The summed E-state index contributed by atoms with van der Waals surface area (Å²) in [6.45, 7) is -0.714. The summed E-state index contributed by atoms with van der Waals surface area (Å²) in [6.07, 6.45) is 0. The molecule has 0 aliphatic heterocycles. The SMILES string of the molecule is COCC(F)(F)c1c(-c2ccc(C(=O)O)cc2)c2c(OCc3ccccc3)cccc2n1-c1ccc(F)cc1. The maximum absolute atomic E-state index is 16.0. The van der Waals surface area contributed by atoms with E-state index in [1.54, 1.807) is 18.2 Å². The van der Waals surface area contributed by atoms with Gasteiger partial charge in [0, 0.05) is 18.4 Å². The van der Waals surface area contributed by atoms with Gasteiger partial charge in [-0.1, -0.05) is 48.5 Å². The highest BCUT2D eigenvalue weighted by molar-refractivity contribution is 6.04. The van der Waals surface area contributed by atoms with Crippen molar-refractivity contribution in [3.8, 4) is 22.6 Å². The molecule has 0 fully saturated rings. The van der Waals surface area contributed by atoms with Crippen molar-refractivity contribution in [1.82, 2.24) is 4.57 Å². The van der Waals surface area contributed by atoms with Crippen LogP contribution in [0.25, 0.3) is 27.7 Å². The van der Waals surface area contributed by atoms with E-state index < -0.39 is 24.3 Å². The Labute approximate surface area is 222 Å². The predicted octanol–water partition coefficient (Wildman–Crippen LogP) is 7.45. The van der Waals surface area contributed by atoms with Crippen molar-refractivity contribution in [2.75, 3.05) is 13.7 Å². The van der Waals surface area contributed by atoms with Gasteiger partial charge in [-0.3, -0.25) is 0 Å². The number of carboxylic acids is 1. The average Bonchev–Trinajstić information content (AvgIpc) is 3.30. The Morgan fingerprint density at radius 1 is 0.897 bits per heavy atom. The van der Waals surface area contributed by atoms with E-state index in [-0.39, 0.29) is 23.4 Å². The Morgan fingerprint density at radius 2 is 1.59 bits per heavy atom. The number of carboxylic acid groups (broad SMARTS) is 1. The molecular weight excluding hydrogens is 507 g/mol. The van der Waals surface area contributed by atoms with Crippen LogP contribution in [-0.4, -0.2) is 29.4 Å². The van der Waals surface area contributed by atoms with Crippen LogP contribution in [0.1, 0.15) is 21.6 Å². The number of methoxy groups -OCH3 is 1. The van der Waals surface area contributed by atoms with Gasteiger partial charge in [0.25, 0.3) is 0 Å². The summed E-state index contributed by atoms with van der Waals surface area (Å²) in [6, 6.07) is 25.5. The molecule has 0 unspecified atom stereocenters. The van der Waals surface area contributed by atoms with Crippen molar-refractivity contribution < 1.29 is 32.5 Å². The molecule has 1 heterocycles. The lowest BCUT2D eigenvalue weighted by Gasteiger charge is -2.21. The molecule has 39 heavy (non-hydrogen) atoms. The minimum Gasteiger partial charge on any atom is -0.488 e. The molecule has 1 N–H and O–H groups in total. The normalized spacial score (nSPS) is 11.6. The lowest BCUT2D eigenvalue weighted by molar-refractivity contribution is -0.0735. The number of halogens is 3. The molecule has 198 valence electrons. The van der Waals surface area contributed by atoms with Crippen LogP contribution in [-0.2, 0) is 17.3 Å². The molecular formula is C31H24F3NO4. The number of carbonyl (C=O) groups is 1. The number of alkyl halides is 2. The summed E-state index contributed by atoms with van der Waals surface area (Å²) < 4.78 is 58.3. The molecule has 0 radical (unpaired) electrons. The molecule has 5 nitrogen and oxygen atoms in total. The lowest BCUT2D eigenvalue weighted by atomic mass is 9.97. The second-order valence-electron chi connectivity index (χ2n) is 8.98. The van der Waals surface area contributed by atoms with Crippen LogP contribution in [0.4, 0.5) is 13.2 Å². The number of fused-ring (bicyclic) bond motifs is 1. The van der Waals surface area contributed by atoms with E-state index in [9.17, 15) is 14.3 Å². The van der Waals surface area contributed by atoms with Gasteiger partial charge < -0.3 is 19.1 Å². The van der Waals surface area contributed by atoms with Gasteiger partial charge >= 0.3 is 11.9 Å². The number of aromatic nitrogens is 1. The summed E-state index contributed by atoms with van der Waals surface area (Å²) in [4.78, 5) is 11.5. The largest absolute Gasteiger partial charge is 0.488 e. The van der Waals surface area contributed by atoms with Gasteiger partial charge in [0.2, 0.25) is 0 Å². The van der Waals surface area contributed by atoms with Crippen molar-refractivity contribution >= 4 is 16.9 Å². The minimum atomic E-state index is -3.49. The molecule has 0 saturated heterocycles. The van der Waals surface area contributed by atoms with E-state index in [4.69, 9.17) is 9.47 Å². The van der Waals surface area contributed by atoms with Crippen LogP contribution in [0.3, 0.4) is 0 Å². The van der Waals surface area contributed by atoms with E-state index in [1.807, 2.05) is 30.3 Å². The second kappa shape index (κ2) is 10.7. The first-order valence-corrected chi connectivity index (χ1v) is 12.1. The molecule has 0 saturated carbocycles. The standard InChI is InChI=1S/C31H24F3NO4/c1-38-19-31(33,34)29-27(21-10-12-22(13-11-21)30(36)37)28-25(35(29)24-16-14-23(32)15-17-24)8-5-9-26(28)39-18-20-6-3-2-4-7-20/h2-17H,18-19H2,1H3,(H,36,37). The van der Waals surface area contributed by atoms with Crippen molar-refractivity contribution in [1.29, 1.82) is 0 Å². The lowest BCUT2D eigenvalue weighted by Crippen LogP contribution is -2.24. The van der Waals surface area contributed by atoms with Gasteiger partial charge in [0.15, 0.2) is 0 Å². The number of hydrogen-bond donors (Lipinski definition) is 1. The summed E-state index contributed by atoms with van der Waals surface area (Å²) in [5, 5.41) is 9.79. The molecule has 0 bridgehead atoms. The van der Waals surface area contributed by atoms with Gasteiger partial charge in [-0.25, -0.2) is 9.18 Å². The van der Waals surface area contributed by atoms with E-state index in [0.717, 1.165) is 5.56 Å². The Kier molecular flexibility index (Phi) is 7.13. The van der Waals surface area contributed by atoms with Crippen LogP contribution >= 0.6 is 0 Å². The fourth-order valence-electron chi connectivity index (χ4n) is 4.68. The maximum Gasteiger partial charge on any atom is 0.335 e. The van der Waals surface area contributed by atoms with Gasteiger partial charge in [-0.05, 0) is 59.7 Å². The fraction of sp³-hybridized carbons (Fsp3) is 0.129. The first kappa shape index (κ1) is 26.1. The average molecular weight is 532 g/mol. The molecule has 1 aromatic heterocycles. The monoisotopic (exact) mass is 531 g/mol. The second-order valence-corrected chi connectivity index (χ2v) is 8.98. The van der Waals surface area contributed by atoms with Gasteiger partial charge in [0.05, 0.1) is 16.5 Å². The van der Waals surface area contributed by atoms with E-state index in [2.05, 4.69) is 0 Å². The number of rotatable bonds is 9. The van der Waals surface area contributed by atoms with Crippen molar-refractivity contribution in [2.24, 2.45) is 0 Å². The number of ether oxygens (including phenoxy) is 2. The highest BCUT2D eigenvalue weighted by Gasteiger charge is 2.41. The van der Waals surface area contributed by atoms with Crippen molar-refractivity contribution in [3.63, 3.8) is 0 Å². The van der Waals surface area contributed by atoms with E-state index in [0.29, 0.717) is 27.9 Å². The Balaban J connectivity index is 1.83. The molecule has 4 aromatic carbocycles. The van der Waals surface area contributed by atoms with E-state index >= 15 is 8.78 Å². The van der Waals surface area contributed by atoms with Gasteiger partial charge in [-0.15, -0.1) is 0 Å². The Morgan fingerprint density at radius 3 is 2.23 bits per heavy atom. The Hall–Kier alpha value is -4.56. The molecule has 0 spiro atoms. The topological polar surface area (TPSA) is 60.7 Å². The molecule has 5 aromatic rings. The minimum absolute atomic E-state index is 0.0202. The van der Waals surface area contributed by atoms with Crippen LogP contribution < -0.4 is 4.74 Å². The van der Waals surface area contributed by atoms with Crippen LogP contribution in [0.5, 0.6) is 5.75 Å². The molecule has 0 atom stereocenters. The summed E-state index contributed by atoms with van der Waals surface area (Å²) in [7, 11) is 1.19. The first-order valence-electron chi connectivity index (χ1n) is 12.1. The van der Waals surface area contributed by atoms with Crippen LogP contribution in [0.2, 0.25) is 0 Å². The quantitative estimate of drug-likeness (QED) is 0.215. The smallest absolute Gasteiger partial charge is 0.335 e. The Bertz CT molecular complexity index is 1610. The fourth-order valence-corrected chi connectivity index (χ4v) is 4.68. The summed E-state index contributed by atoms with van der Waals surface area (Å²) in [5.41, 5.74) is 1.79. The highest BCUT2D eigenvalue weighted by Crippen LogP contribution is 2.47. The third-order valence-corrected chi connectivity index (χ3v) is 6.37. The van der Waals surface area contributed by atoms with Crippen molar-refractivity contribution in [3.05, 3.63) is 120 Å². The maximum atomic E-state index is 16.0. The molecule has 0 aliphatic carbocycles. The van der Waals surface area contributed by atoms with Crippen LogP contribution in [0, 0.1) is 5.82 Å². The molecule has 0 amide bonds. The number of aromatic carboxylic acids is 1. The zero-order valence-electron chi connectivity index (χ0n) is 20.9. The van der Waals surface area contributed by atoms with Gasteiger partial charge in [-0.2, -0.15) is 8.78 Å². The number of benzene rings is 4. The zero-order chi connectivity index (χ0) is 27.6. The first-order chi connectivity index (χ1) is 18.8. The van der Waals surface area contributed by atoms with Crippen LogP contribution in [0.15, 0.2) is 97.1 Å². The molecule has 5 rings (SSSR count). The summed E-state index contributed by atoms with van der Waals surface area (Å²) >= 11 is 0. The third kappa shape index (κ3) is 5.11. The molecule has 0 aliphatic rings.